The Morgan fingerprint density at radius 2 is 1.82 bits per heavy atom. The highest BCUT2D eigenvalue weighted by molar-refractivity contribution is 5.78. The molecule has 0 aromatic heterocycles. The number of rotatable bonds is 4. The Labute approximate surface area is 134 Å². The molecule has 3 aliphatic rings. The van der Waals surface area contributed by atoms with Crippen LogP contribution in [-0.4, -0.2) is 37.4 Å². The van der Waals surface area contributed by atoms with Crippen molar-refractivity contribution in [1.82, 2.24) is 5.32 Å². The van der Waals surface area contributed by atoms with E-state index >= 15 is 0 Å². The van der Waals surface area contributed by atoms with Crippen LogP contribution in [0.5, 0.6) is 0 Å². The summed E-state index contributed by atoms with van der Waals surface area (Å²) in [5.41, 5.74) is -0.157. The fourth-order valence-electron chi connectivity index (χ4n) is 4.73. The van der Waals surface area contributed by atoms with Gasteiger partial charge in [-0.15, -0.1) is 0 Å². The van der Waals surface area contributed by atoms with Crippen molar-refractivity contribution >= 4 is 5.91 Å². The number of hydrogen-bond donors (Lipinski definition) is 2. The number of carbonyl (C=O) groups is 1. The van der Waals surface area contributed by atoms with Crippen LogP contribution in [0.2, 0.25) is 0 Å². The lowest BCUT2D eigenvalue weighted by molar-refractivity contribution is -0.128. The standard InChI is InChI=1S/C18H31NO3/c20-13-18(7-9-22-10-8-18)12-19-17(21)16-6-5-14-3-1-2-4-15(14)11-16/h14-16,20H,1-13H2,(H,19,21). The summed E-state index contributed by atoms with van der Waals surface area (Å²) in [5, 5.41) is 12.9. The molecule has 3 atom stereocenters. The van der Waals surface area contributed by atoms with Crippen molar-refractivity contribution in [1.29, 1.82) is 0 Å². The van der Waals surface area contributed by atoms with Gasteiger partial charge in [-0.3, -0.25) is 4.79 Å². The lowest BCUT2D eigenvalue weighted by Crippen LogP contribution is -2.46. The first-order valence-corrected chi connectivity index (χ1v) is 9.19. The van der Waals surface area contributed by atoms with Crippen molar-refractivity contribution in [2.24, 2.45) is 23.2 Å². The molecule has 126 valence electrons. The number of aliphatic hydroxyl groups is 1. The molecule has 0 aromatic carbocycles. The van der Waals surface area contributed by atoms with Gasteiger partial charge in [0.1, 0.15) is 0 Å². The first-order chi connectivity index (χ1) is 10.7. The molecule has 0 radical (unpaired) electrons. The van der Waals surface area contributed by atoms with Crippen LogP contribution >= 0.6 is 0 Å². The Hall–Kier alpha value is -0.610. The van der Waals surface area contributed by atoms with Gasteiger partial charge >= 0.3 is 0 Å². The second-order valence-corrected chi connectivity index (χ2v) is 7.80. The fourth-order valence-corrected chi connectivity index (χ4v) is 4.73. The molecule has 0 spiro atoms. The molecular formula is C18H31NO3. The first kappa shape index (κ1) is 16.3. The van der Waals surface area contributed by atoms with Gasteiger partial charge in [-0.1, -0.05) is 25.7 Å². The zero-order chi connectivity index (χ0) is 15.4. The van der Waals surface area contributed by atoms with Gasteiger partial charge in [0, 0.05) is 31.1 Å². The number of aliphatic hydroxyl groups excluding tert-OH is 1. The number of carbonyl (C=O) groups excluding carboxylic acids is 1. The van der Waals surface area contributed by atoms with E-state index in [-0.39, 0.29) is 23.8 Å². The topological polar surface area (TPSA) is 58.6 Å². The summed E-state index contributed by atoms with van der Waals surface area (Å²) < 4.78 is 5.39. The van der Waals surface area contributed by atoms with Crippen molar-refractivity contribution in [3.8, 4) is 0 Å². The largest absolute Gasteiger partial charge is 0.396 e. The molecule has 1 aliphatic heterocycles. The van der Waals surface area contributed by atoms with E-state index in [2.05, 4.69) is 5.32 Å². The highest BCUT2D eigenvalue weighted by atomic mass is 16.5. The van der Waals surface area contributed by atoms with Crippen LogP contribution < -0.4 is 5.32 Å². The summed E-state index contributed by atoms with van der Waals surface area (Å²) in [5.74, 6) is 2.10. The van der Waals surface area contributed by atoms with Crippen LogP contribution in [0.25, 0.3) is 0 Å². The lowest BCUT2D eigenvalue weighted by Gasteiger charge is -2.39. The van der Waals surface area contributed by atoms with E-state index in [9.17, 15) is 9.90 Å². The fraction of sp³-hybridized carbons (Fsp3) is 0.944. The molecule has 1 heterocycles. The predicted octanol–water partition coefficient (Wildman–Crippen LogP) is 2.50. The number of fused-ring (bicyclic) bond motifs is 1. The van der Waals surface area contributed by atoms with E-state index in [0.29, 0.717) is 19.8 Å². The normalized spacial score (nSPS) is 34.7. The summed E-state index contributed by atoms with van der Waals surface area (Å²) in [4.78, 5) is 12.5. The molecule has 3 fully saturated rings. The SMILES string of the molecule is O=C(NCC1(CO)CCOCC1)C1CCC2CCCCC2C1. The highest BCUT2D eigenvalue weighted by Crippen LogP contribution is 2.42. The van der Waals surface area contributed by atoms with E-state index in [0.717, 1.165) is 37.5 Å². The van der Waals surface area contributed by atoms with Gasteiger partial charge in [0.25, 0.3) is 0 Å². The second-order valence-electron chi connectivity index (χ2n) is 7.80. The van der Waals surface area contributed by atoms with Gasteiger partial charge in [0.05, 0.1) is 6.61 Å². The van der Waals surface area contributed by atoms with Gasteiger partial charge in [0.2, 0.25) is 5.91 Å². The molecule has 0 bridgehead atoms. The van der Waals surface area contributed by atoms with Gasteiger partial charge in [-0.2, -0.15) is 0 Å². The van der Waals surface area contributed by atoms with Crippen LogP contribution in [0.4, 0.5) is 0 Å². The van der Waals surface area contributed by atoms with Gasteiger partial charge in [-0.05, 0) is 43.9 Å². The minimum atomic E-state index is -0.157. The van der Waals surface area contributed by atoms with Crippen molar-refractivity contribution in [2.75, 3.05) is 26.4 Å². The van der Waals surface area contributed by atoms with Crippen LogP contribution in [0.15, 0.2) is 0 Å². The van der Waals surface area contributed by atoms with E-state index in [1.165, 1.54) is 32.1 Å². The molecule has 3 rings (SSSR count). The zero-order valence-electron chi connectivity index (χ0n) is 13.7. The molecule has 0 aromatic rings. The molecule has 2 N–H and O–H groups in total. The molecule has 4 heteroatoms. The predicted molar refractivity (Wildman–Crippen MR) is 85.4 cm³/mol. The average molecular weight is 309 g/mol. The highest BCUT2D eigenvalue weighted by Gasteiger charge is 2.37. The van der Waals surface area contributed by atoms with Crippen LogP contribution in [0.1, 0.15) is 57.8 Å². The number of nitrogens with one attached hydrogen (secondary N) is 1. The van der Waals surface area contributed by atoms with E-state index < -0.39 is 0 Å². The van der Waals surface area contributed by atoms with Crippen molar-refractivity contribution in [2.45, 2.75) is 57.8 Å². The maximum absolute atomic E-state index is 12.5. The summed E-state index contributed by atoms with van der Waals surface area (Å²) in [6.45, 7) is 2.15. The summed E-state index contributed by atoms with van der Waals surface area (Å²) in [6.07, 6.45) is 10.5. The van der Waals surface area contributed by atoms with Crippen LogP contribution in [0.3, 0.4) is 0 Å². The Bertz CT molecular complexity index is 379. The number of amides is 1. The zero-order valence-corrected chi connectivity index (χ0v) is 13.7. The lowest BCUT2D eigenvalue weighted by atomic mass is 9.67. The summed E-state index contributed by atoms with van der Waals surface area (Å²) >= 11 is 0. The van der Waals surface area contributed by atoms with Crippen molar-refractivity contribution < 1.29 is 14.6 Å². The van der Waals surface area contributed by atoms with Gasteiger partial charge in [-0.25, -0.2) is 0 Å². The molecular weight excluding hydrogens is 278 g/mol. The Balaban J connectivity index is 1.49. The maximum atomic E-state index is 12.5. The molecule has 1 saturated heterocycles. The minimum Gasteiger partial charge on any atom is -0.396 e. The second kappa shape index (κ2) is 7.31. The Morgan fingerprint density at radius 1 is 1.09 bits per heavy atom. The first-order valence-electron chi connectivity index (χ1n) is 9.19. The minimum absolute atomic E-state index is 0.145. The maximum Gasteiger partial charge on any atom is 0.223 e. The van der Waals surface area contributed by atoms with Gasteiger partial charge < -0.3 is 15.2 Å². The molecule has 3 unspecified atom stereocenters. The van der Waals surface area contributed by atoms with Gasteiger partial charge in [0.15, 0.2) is 0 Å². The number of hydrogen-bond acceptors (Lipinski definition) is 3. The molecule has 2 aliphatic carbocycles. The van der Waals surface area contributed by atoms with Crippen LogP contribution in [0, 0.1) is 23.2 Å². The molecule has 4 nitrogen and oxygen atoms in total. The quantitative estimate of drug-likeness (QED) is 0.839. The smallest absolute Gasteiger partial charge is 0.223 e. The Morgan fingerprint density at radius 3 is 2.55 bits per heavy atom. The van der Waals surface area contributed by atoms with Crippen molar-refractivity contribution in [3.05, 3.63) is 0 Å². The van der Waals surface area contributed by atoms with E-state index in [1.807, 2.05) is 0 Å². The molecule has 1 amide bonds. The Kier molecular flexibility index (Phi) is 5.40. The van der Waals surface area contributed by atoms with E-state index in [4.69, 9.17) is 4.74 Å². The number of ether oxygens (including phenoxy) is 1. The summed E-state index contributed by atoms with van der Waals surface area (Å²) in [7, 11) is 0. The average Bonchev–Trinajstić information content (AvgIpc) is 2.60. The monoisotopic (exact) mass is 309 g/mol. The van der Waals surface area contributed by atoms with E-state index in [1.54, 1.807) is 0 Å². The third kappa shape index (κ3) is 3.65. The third-order valence-corrected chi connectivity index (χ3v) is 6.44. The third-order valence-electron chi connectivity index (χ3n) is 6.44. The van der Waals surface area contributed by atoms with Crippen molar-refractivity contribution in [3.63, 3.8) is 0 Å². The molecule has 2 saturated carbocycles. The van der Waals surface area contributed by atoms with Crippen LogP contribution in [-0.2, 0) is 9.53 Å². The molecule has 22 heavy (non-hydrogen) atoms. The summed E-state index contributed by atoms with van der Waals surface area (Å²) in [6, 6.07) is 0.